The van der Waals surface area contributed by atoms with E-state index < -0.39 is 18.4 Å². The SMILES string of the molecule is CCN1CCCC1CN1CN(N2CCN(CC(=O)N3CCCC3)CC2)C(N)N(c2ccc(OC)c(F)c2)C1N. The largest absolute Gasteiger partial charge is 0.494 e. The number of benzene rings is 1. The van der Waals surface area contributed by atoms with Crippen LogP contribution in [0, 0.1) is 5.82 Å². The molecule has 1 amide bonds. The molecule has 5 rings (SSSR count). The summed E-state index contributed by atoms with van der Waals surface area (Å²) in [6.45, 7) is 11.1. The number of hydrogen-bond acceptors (Lipinski definition) is 10. The third kappa shape index (κ3) is 6.17. The Kier molecular flexibility index (Phi) is 9.22. The van der Waals surface area contributed by atoms with Crippen LogP contribution in [0.1, 0.15) is 32.6 Å². The van der Waals surface area contributed by atoms with E-state index in [1.165, 1.54) is 19.6 Å². The molecule has 3 unspecified atom stereocenters. The highest BCUT2D eigenvalue weighted by Gasteiger charge is 2.42. The number of piperazine rings is 1. The summed E-state index contributed by atoms with van der Waals surface area (Å²) in [6, 6.07) is 5.33. The van der Waals surface area contributed by atoms with E-state index in [1.807, 2.05) is 15.9 Å². The lowest BCUT2D eigenvalue weighted by Gasteiger charge is -2.55. The van der Waals surface area contributed by atoms with Gasteiger partial charge in [-0.1, -0.05) is 6.92 Å². The molecule has 4 fully saturated rings. The summed E-state index contributed by atoms with van der Waals surface area (Å²) in [5, 5.41) is 4.44. The minimum Gasteiger partial charge on any atom is -0.494 e. The van der Waals surface area contributed by atoms with Crippen LogP contribution in [0.15, 0.2) is 18.2 Å². The van der Waals surface area contributed by atoms with Crippen molar-refractivity contribution in [3.8, 4) is 5.75 Å². The Morgan fingerprint density at radius 1 is 1.00 bits per heavy atom. The van der Waals surface area contributed by atoms with Gasteiger partial charge in [-0.25, -0.2) is 9.40 Å². The molecule has 1 aromatic carbocycles. The van der Waals surface area contributed by atoms with Gasteiger partial charge in [0.15, 0.2) is 17.9 Å². The number of ether oxygens (including phenoxy) is 1. The molecule has 0 spiro atoms. The first-order chi connectivity index (χ1) is 18.9. The van der Waals surface area contributed by atoms with Crippen molar-refractivity contribution in [2.75, 3.05) is 84.1 Å². The van der Waals surface area contributed by atoms with Crippen LogP contribution in [0.25, 0.3) is 0 Å². The third-order valence-corrected chi connectivity index (χ3v) is 8.89. The highest BCUT2D eigenvalue weighted by molar-refractivity contribution is 5.78. The Bertz CT molecular complexity index is 973. The van der Waals surface area contributed by atoms with E-state index in [9.17, 15) is 9.18 Å². The Labute approximate surface area is 231 Å². The van der Waals surface area contributed by atoms with Gasteiger partial charge in [0.05, 0.1) is 20.3 Å². The van der Waals surface area contributed by atoms with Gasteiger partial charge in [0.25, 0.3) is 0 Å². The first kappa shape index (κ1) is 28.5. The van der Waals surface area contributed by atoms with Crippen molar-refractivity contribution < 1.29 is 13.9 Å². The number of amides is 1. The van der Waals surface area contributed by atoms with Crippen LogP contribution in [0.2, 0.25) is 0 Å². The van der Waals surface area contributed by atoms with Crippen molar-refractivity contribution in [1.82, 2.24) is 29.6 Å². The van der Waals surface area contributed by atoms with Crippen molar-refractivity contribution in [2.24, 2.45) is 11.5 Å². The summed E-state index contributed by atoms with van der Waals surface area (Å²) < 4.78 is 19.9. The molecule has 3 atom stereocenters. The lowest BCUT2D eigenvalue weighted by Crippen LogP contribution is -2.76. The van der Waals surface area contributed by atoms with Crippen LogP contribution in [-0.2, 0) is 4.79 Å². The summed E-state index contributed by atoms with van der Waals surface area (Å²) in [5.41, 5.74) is 14.4. The second kappa shape index (κ2) is 12.6. The maximum Gasteiger partial charge on any atom is 0.236 e. The molecule has 12 heteroatoms. The Hall–Kier alpha value is -2.06. The van der Waals surface area contributed by atoms with Gasteiger partial charge in [0.2, 0.25) is 5.91 Å². The zero-order chi connectivity index (χ0) is 27.5. The minimum atomic E-state index is -0.562. The Morgan fingerprint density at radius 3 is 2.41 bits per heavy atom. The summed E-state index contributed by atoms with van der Waals surface area (Å²) >= 11 is 0. The number of methoxy groups -OCH3 is 1. The van der Waals surface area contributed by atoms with E-state index in [1.54, 1.807) is 6.07 Å². The molecule has 4 aliphatic rings. The quantitative estimate of drug-likeness (QED) is 0.474. The monoisotopic (exact) mass is 547 g/mol. The van der Waals surface area contributed by atoms with Crippen LogP contribution < -0.4 is 21.1 Å². The Morgan fingerprint density at radius 2 is 1.74 bits per heavy atom. The number of rotatable bonds is 8. The van der Waals surface area contributed by atoms with E-state index in [0.29, 0.717) is 24.9 Å². The summed E-state index contributed by atoms with van der Waals surface area (Å²) in [4.78, 5) is 23.6. The average molecular weight is 548 g/mol. The summed E-state index contributed by atoms with van der Waals surface area (Å²) in [6.07, 6.45) is 3.49. The van der Waals surface area contributed by atoms with Crippen molar-refractivity contribution >= 4 is 11.6 Å². The van der Waals surface area contributed by atoms with Gasteiger partial charge in [-0.15, -0.1) is 0 Å². The highest BCUT2D eigenvalue weighted by atomic mass is 19.1. The lowest BCUT2D eigenvalue weighted by atomic mass is 10.2. The number of anilines is 1. The number of halogens is 1. The molecule has 0 aliphatic carbocycles. The second-order valence-electron chi connectivity index (χ2n) is 11.1. The molecule has 0 saturated carbocycles. The van der Waals surface area contributed by atoms with E-state index in [2.05, 4.69) is 31.6 Å². The smallest absolute Gasteiger partial charge is 0.236 e. The molecule has 39 heavy (non-hydrogen) atoms. The van der Waals surface area contributed by atoms with E-state index >= 15 is 0 Å². The van der Waals surface area contributed by atoms with Crippen molar-refractivity contribution in [3.05, 3.63) is 24.0 Å². The van der Waals surface area contributed by atoms with Crippen LogP contribution in [-0.4, -0.2) is 133 Å². The predicted molar refractivity (Wildman–Crippen MR) is 149 cm³/mol. The molecule has 4 saturated heterocycles. The molecule has 0 radical (unpaired) electrons. The number of carbonyl (C=O) groups is 1. The Balaban J connectivity index is 1.31. The number of likely N-dealkylation sites (N-methyl/N-ethyl adjacent to an activating group) is 1. The first-order valence-corrected chi connectivity index (χ1v) is 14.5. The molecule has 0 bridgehead atoms. The number of nitrogens with two attached hydrogens (primary N) is 2. The molecule has 218 valence electrons. The zero-order valence-electron chi connectivity index (χ0n) is 23.6. The zero-order valence-corrected chi connectivity index (χ0v) is 23.6. The fourth-order valence-electron chi connectivity index (χ4n) is 6.57. The predicted octanol–water partition coefficient (Wildman–Crippen LogP) is 0.340. The van der Waals surface area contributed by atoms with Crippen LogP contribution >= 0.6 is 0 Å². The van der Waals surface area contributed by atoms with E-state index in [-0.39, 0.29) is 11.7 Å². The molecule has 0 aromatic heterocycles. The number of likely N-dealkylation sites (tertiary alicyclic amines) is 2. The molecule has 4 heterocycles. The number of hydrogen-bond donors (Lipinski definition) is 2. The highest BCUT2D eigenvalue weighted by Crippen LogP contribution is 2.30. The maximum atomic E-state index is 14.8. The van der Waals surface area contributed by atoms with Crippen LogP contribution in [0.5, 0.6) is 5.75 Å². The molecular weight excluding hydrogens is 501 g/mol. The molecule has 4 aliphatic heterocycles. The fourth-order valence-corrected chi connectivity index (χ4v) is 6.57. The molecule has 1 aromatic rings. The fraction of sp³-hybridized carbons (Fsp3) is 0.741. The van der Waals surface area contributed by atoms with Gasteiger partial charge in [0.1, 0.15) is 6.29 Å². The van der Waals surface area contributed by atoms with E-state index in [0.717, 1.165) is 78.2 Å². The third-order valence-electron chi connectivity index (χ3n) is 8.89. The van der Waals surface area contributed by atoms with Gasteiger partial charge < -0.3 is 14.5 Å². The average Bonchev–Trinajstić information content (AvgIpc) is 3.63. The number of hydrazine groups is 1. The van der Waals surface area contributed by atoms with Gasteiger partial charge in [0, 0.05) is 63.6 Å². The minimum absolute atomic E-state index is 0.191. The molecule has 11 nitrogen and oxygen atoms in total. The number of nitrogens with zero attached hydrogens (tertiary/aromatic N) is 7. The van der Waals surface area contributed by atoms with Gasteiger partial charge in [-0.05, 0) is 50.9 Å². The molecular formula is C27H46FN9O2. The topological polar surface area (TPSA) is 101 Å². The maximum absolute atomic E-state index is 14.8. The van der Waals surface area contributed by atoms with Gasteiger partial charge in [-0.2, -0.15) is 5.01 Å². The van der Waals surface area contributed by atoms with E-state index in [4.69, 9.17) is 16.2 Å². The van der Waals surface area contributed by atoms with Crippen molar-refractivity contribution in [3.63, 3.8) is 0 Å². The van der Waals surface area contributed by atoms with Gasteiger partial charge >= 0.3 is 0 Å². The summed E-state index contributed by atoms with van der Waals surface area (Å²) in [5.74, 6) is -0.0180. The number of carbonyl (C=O) groups excluding carboxylic acids is 1. The first-order valence-electron chi connectivity index (χ1n) is 14.5. The van der Waals surface area contributed by atoms with Gasteiger partial charge in [-0.3, -0.25) is 31.0 Å². The molecule has 4 N–H and O–H groups in total. The van der Waals surface area contributed by atoms with Crippen molar-refractivity contribution in [2.45, 2.75) is 51.2 Å². The lowest BCUT2D eigenvalue weighted by molar-refractivity contribution is -0.152. The van der Waals surface area contributed by atoms with Crippen LogP contribution in [0.3, 0.4) is 0 Å². The normalized spacial score (nSPS) is 28.5. The second-order valence-corrected chi connectivity index (χ2v) is 11.1. The van der Waals surface area contributed by atoms with Crippen molar-refractivity contribution in [1.29, 1.82) is 0 Å². The van der Waals surface area contributed by atoms with Crippen LogP contribution in [0.4, 0.5) is 10.1 Å². The summed E-state index contributed by atoms with van der Waals surface area (Å²) in [7, 11) is 1.46. The standard InChI is InChI=1S/C27H46FN9O2/c1-3-32-12-6-7-22(32)18-34-20-36(27(30)37(26(34)29)21-8-9-24(39-2)23(28)17-21)35-15-13-31(14-16-35)19-25(38)33-10-4-5-11-33/h8-9,17,22,26-27H,3-7,10-16,18-20,29-30H2,1-2H3.